The first-order valence-corrected chi connectivity index (χ1v) is 5.40. The van der Waals surface area contributed by atoms with Crippen LogP contribution < -0.4 is 5.73 Å². The molecule has 0 aliphatic carbocycles. The first kappa shape index (κ1) is 11.1. The van der Waals surface area contributed by atoms with Crippen molar-refractivity contribution in [2.75, 3.05) is 5.73 Å². The molecule has 0 heterocycles. The monoisotopic (exact) mass is 222 g/mol. The van der Waals surface area contributed by atoms with Crippen LogP contribution in [0.3, 0.4) is 0 Å². The SMILES string of the molecule is C=Cc1ccc(N=Cc2ccc(N)cc2)cc1. The highest BCUT2D eigenvalue weighted by Crippen LogP contribution is 2.14. The van der Waals surface area contributed by atoms with Crippen molar-refractivity contribution in [3.05, 3.63) is 66.2 Å². The predicted molar refractivity (Wildman–Crippen MR) is 74.6 cm³/mol. The maximum Gasteiger partial charge on any atom is 0.0630 e. The molecule has 0 aliphatic heterocycles. The lowest BCUT2D eigenvalue weighted by Gasteiger charge is -1.96. The average Bonchev–Trinajstić information content (AvgIpc) is 2.39. The quantitative estimate of drug-likeness (QED) is 0.624. The minimum Gasteiger partial charge on any atom is -0.399 e. The molecule has 2 aromatic carbocycles. The molecule has 0 spiro atoms. The van der Waals surface area contributed by atoms with E-state index in [0.29, 0.717) is 0 Å². The molecule has 2 aromatic rings. The molecule has 0 saturated carbocycles. The van der Waals surface area contributed by atoms with Gasteiger partial charge in [0.2, 0.25) is 0 Å². The number of hydrogen-bond donors (Lipinski definition) is 1. The van der Waals surface area contributed by atoms with Gasteiger partial charge in [0.15, 0.2) is 0 Å². The molecular formula is C15H14N2. The standard InChI is InChI=1S/C15H14N2/c1-2-12-5-9-15(10-6-12)17-11-13-3-7-14(16)8-4-13/h2-11H,1,16H2. The Kier molecular flexibility index (Phi) is 3.36. The summed E-state index contributed by atoms with van der Waals surface area (Å²) in [5.41, 5.74) is 9.43. The van der Waals surface area contributed by atoms with Crippen LogP contribution in [0.25, 0.3) is 6.08 Å². The molecule has 0 atom stereocenters. The zero-order valence-electron chi connectivity index (χ0n) is 9.51. The van der Waals surface area contributed by atoms with Crippen LogP contribution in [-0.4, -0.2) is 6.21 Å². The van der Waals surface area contributed by atoms with Crippen LogP contribution in [0.2, 0.25) is 0 Å². The van der Waals surface area contributed by atoms with Crippen molar-refractivity contribution in [3.8, 4) is 0 Å². The molecule has 0 radical (unpaired) electrons. The molecule has 2 N–H and O–H groups in total. The minimum atomic E-state index is 0.762. The summed E-state index contributed by atoms with van der Waals surface area (Å²) >= 11 is 0. The predicted octanol–water partition coefficient (Wildman–Crippen LogP) is 3.66. The lowest BCUT2D eigenvalue weighted by Crippen LogP contribution is -1.85. The summed E-state index contributed by atoms with van der Waals surface area (Å²) < 4.78 is 0. The van der Waals surface area contributed by atoms with Crippen molar-refractivity contribution in [1.29, 1.82) is 0 Å². The molecule has 0 fully saturated rings. The molecule has 0 amide bonds. The van der Waals surface area contributed by atoms with Gasteiger partial charge in [0.05, 0.1) is 5.69 Å². The van der Waals surface area contributed by atoms with Gasteiger partial charge in [0, 0.05) is 11.9 Å². The summed E-state index contributed by atoms with van der Waals surface area (Å²) in [6, 6.07) is 15.5. The fourth-order valence-electron chi connectivity index (χ4n) is 1.43. The largest absolute Gasteiger partial charge is 0.399 e. The molecule has 0 bridgehead atoms. The van der Waals surface area contributed by atoms with Crippen molar-refractivity contribution in [2.45, 2.75) is 0 Å². The van der Waals surface area contributed by atoms with E-state index >= 15 is 0 Å². The Morgan fingerprint density at radius 3 is 2.06 bits per heavy atom. The molecule has 2 rings (SSSR count). The number of nitrogens with two attached hydrogens (primary N) is 1. The summed E-state index contributed by atoms with van der Waals surface area (Å²) in [7, 11) is 0. The van der Waals surface area contributed by atoms with Gasteiger partial charge < -0.3 is 5.73 Å². The van der Waals surface area contributed by atoms with Crippen molar-refractivity contribution in [2.24, 2.45) is 4.99 Å². The lowest BCUT2D eigenvalue weighted by atomic mass is 10.2. The minimum absolute atomic E-state index is 0.762. The van der Waals surface area contributed by atoms with Gasteiger partial charge in [-0.15, -0.1) is 0 Å². The Balaban J connectivity index is 2.14. The Labute approximate surface area is 101 Å². The zero-order chi connectivity index (χ0) is 12.1. The Morgan fingerprint density at radius 1 is 0.882 bits per heavy atom. The van der Waals surface area contributed by atoms with Crippen molar-refractivity contribution >= 4 is 23.7 Å². The van der Waals surface area contributed by atoms with Gasteiger partial charge in [0.25, 0.3) is 0 Å². The average molecular weight is 222 g/mol. The summed E-state index contributed by atoms with van der Waals surface area (Å²) in [5, 5.41) is 0. The van der Waals surface area contributed by atoms with Crippen LogP contribution in [0, 0.1) is 0 Å². The third-order valence-corrected chi connectivity index (χ3v) is 2.43. The van der Waals surface area contributed by atoms with Gasteiger partial charge in [-0.2, -0.15) is 0 Å². The van der Waals surface area contributed by atoms with Gasteiger partial charge in [-0.05, 0) is 35.4 Å². The Bertz CT molecular complexity index is 522. The third kappa shape index (κ3) is 3.05. The maximum absolute atomic E-state index is 5.61. The zero-order valence-corrected chi connectivity index (χ0v) is 9.51. The Hall–Kier alpha value is -2.35. The van der Waals surface area contributed by atoms with Crippen LogP contribution in [-0.2, 0) is 0 Å². The van der Waals surface area contributed by atoms with E-state index in [1.807, 2.05) is 60.8 Å². The molecule has 0 unspecified atom stereocenters. The van der Waals surface area contributed by atoms with Crippen molar-refractivity contribution in [1.82, 2.24) is 0 Å². The van der Waals surface area contributed by atoms with Crippen LogP contribution in [0.4, 0.5) is 11.4 Å². The second kappa shape index (κ2) is 5.12. The van der Waals surface area contributed by atoms with E-state index in [4.69, 9.17) is 5.73 Å². The first-order valence-electron chi connectivity index (χ1n) is 5.40. The van der Waals surface area contributed by atoms with Crippen molar-refractivity contribution in [3.63, 3.8) is 0 Å². The van der Waals surface area contributed by atoms with Crippen LogP contribution >= 0.6 is 0 Å². The second-order valence-corrected chi connectivity index (χ2v) is 3.72. The smallest absolute Gasteiger partial charge is 0.0630 e. The van der Waals surface area contributed by atoms with E-state index in [1.54, 1.807) is 0 Å². The molecule has 0 saturated heterocycles. The molecule has 0 aromatic heterocycles. The number of hydrogen-bond acceptors (Lipinski definition) is 2. The highest BCUT2D eigenvalue weighted by atomic mass is 14.7. The second-order valence-electron chi connectivity index (χ2n) is 3.72. The normalized spacial score (nSPS) is 10.6. The van der Waals surface area contributed by atoms with Gasteiger partial charge in [-0.25, -0.2) is 0 Å². The topological polar surface area (TPSA) is 38.4 Å². The van der Waals surface area contributed by atoms with Gasteiger partial charge in [0.1, 0.15) is 0 Å². The molecule has 84 valence electrons. The number of anilines is 1. The van der Waals surface area contributed by atoms with E-state index in [0.717, 1.165) is 22.5 Å². The summed E-state index contributed by atoms with van der Waals surface area (Å²) in [4.78, 5) is 4.38. The lowest BCUT2D eigenvalue weighted by molar-refractivity contribution is 1.51. The van der Waals surface area contributed by atoms with Crippen LogP contribution in [0.1, 0.15) is 11.1 Å². The van der Waals surface area contributed by atoms with Gasteiger partial charge >= 0.3 is 0 Å². The molecule has 2 heteroatoms. The molecule has 17 heavy (non-hydrogen) atoms. The highest BCUT2D eigenvalue weighted by Gasteiger charge is 1.90. The first-order chi connectivity index (χ1) is 8.28. The fourth-order valence-corrected chi connectivity index (χ4v) is 1.43. The van der Waals surface area contributed by atoms with E-state index < -0.39 is 0 Å². The van der Waals surface area contributed by atoms with Gasteiger partial charge in [-0.1, -0.05) is 36.9 Å². The van der Waals surface area contributed by atoms with Crippen LogP contribution in [0.5, 0.6) is 0 Å². The third-order valence-electron chi connectivity index (χ3n) is 2.43. The summed E-state index contributed by atoms with van der Waals surface area (Å²) in [6.07, 6.45) is 3.63. The maximum atomic E-state index is 5.61. The summed E-state index contributed by atoms with van der Waals surface area (Å²) in [5.74, 6) is 0. The number of nitrogens with zero attached hydrogens (tertiary/aromatic N) is 1. The van der Waals surface area contributed by atoms with E-state index in [2.05, 4.69) is 11.6 Å². The van der Waals surface area contributed by atoms with Crippen LogP contribution in [0.15, 0.2) is 60.1 Å². The molecule has 2 nitrogen and oxygen atoms in total. The van der Waals surface area contributed by atoms with E-state index in [9.17, 15) is 0 Å². The van der Waals surface area contributed by atoms with E-state index in [1.165, 1.54) is 0 Å². The number of nitrogen functional groups attached to an aromatic ring is 1. The highest BCUT2D eigenvalue weighted by molar-refractivity contribution is 5.82. The fraction of sp³-hybridized carbons (Fsp3) is 0. The number of benzene rings is 2. The molecular weight excluding hydrogens is 208 g/mol. The van der Waals surface area contributed by atoms with Gasteiger partial charge in [-0.3, -0.25) is 4.99 Å². The van der Waals surface area contributed by atoms with E-state index in [-0.39, 0.29) is 0 Å². The summed E-state index contributed by atoms with van der Waals surface area (Å²) in [6.45, 7) is 3.71. The van der Waals surface area contributed by atoms with Crippen molar-refractivity contribution < 1.29 is 0 Å². The Morgan fingerprint density at radius 2 is 1.47 bits per heavy atom. The molecule has 0 aliphatic rings. The number of rotatable bonds is 3. The number of aliphatic imine (C=N–C) groups is 1.